The Labute approximate surface area is 120 Å². The number of piperidine rings is 1. The zero-order chi connectivity index (χ0) is 13.9. The highest BCUT2D eigenvalue weighted by Crippen LogP contribution is 2.35. The predicted octanol–water partition coefficient (Wildman–Crippen LogP) is 2.99. The smallest absolute Gasteiger partial charge is 0.222 e. The number of hydrogen-bond acceptors (Lipinski definition) is 2. The number of hydrogen-bond donors (Lipinski definition) is 0. The van der Waals surface area contributed by atoms with E-state index < -0.39 is 0 Å². The summed E-state index contributed by atoms with van der Waals surface area (Å²) < 4.78 is 6.24. The van der Waals surface area contributed by atoms with E-state index in [1.807, 2.05) is 18.2 Å². The van der Waals surface area contributed by atoms with Gasteiger partial charge >= 0.3 is 0 Å². The maximum absolute atomic E-state index is 11.9. The molecule has 0 bridgehead atoms. The Morgan fingerprint density at radius 1 is 1.25 bits per heavy atom. The van der Waals surface area contributed by atoms with Gasteiger partial charge in [0, 0.05) is 13.0 Å². The van der Waals surface area contributed by atoms with Gasteiger partial charge in [0.1, 0.15) is 0 Å². The molecule has 3 atom stereocenters. The van der Waals surface area contributed by atoms with Crippen molar-refractivity contribution in [3.05, 3.63) is 35.9 Å². The lowest BCUT2D eigenvalue weighted by Crippen LogP contribution is -2.51. The fourth-order valence-corrected chi connectivity index (χ4v) is 3.62. The first-order chi connectivity index (χ1) is 9.79. The van der Waals surface area contributed by atoms with E-state index in [0.717, 1.165) is 25.8 Å². The van der Waals surface area contributed by atoms with Crippen LogP contribution in [0, 0.1) is 5.92 Å². The SMILES string of the molecule is CC[C@H]1CCN2C(=O)CC[C@H]2[C@@H]1OCc1ccccc1. The number of benzene rings is 1. The summed E-state index contributed by atoms with van der Waals surface area (Å²) in [4.78, 5) is 14.0. The van der Waals surface area contributed by atoms with E-state index in [1.54, 1.807) is 0 Å². The summed E-state index contributed by atoms with van der Waals surface area (Å²) >= 11 is 0. The average Bonchev–Trinajstić information content (AvgIpc) is 2.87. The van der Waals surface area contributed by atoms with Gasteiger partial charge in [-0.05, 0) is 24.3 Å². The molecule has 108 valence electrons. The predicted molar refractivity (Wildman–Crippen MR) is 78.2 cm³/mol. The summed E-state index contributed by atoms with van der Waals surface area (Å²) in [7, 11) is 0. The van der Waals surface area contributed by atoms with E-state index in [-0.39, 0.29) is 6.10 Å². The molecule has 3 nitrogen and oxygen atoms in total. The topological polar surface area (TPSA) is 29.5 Å². The first kappa shape index (κ1) is 13.6. The third-order valence-corrected chi connectivity index (χ3v) is 4.77. The number of carbonyl (C=O) groups is 1. The minimum Gasteiger partial charge on any atom is -0.371 e. The number of amides is 1. The quantitative estimate of drug-likeness (QED) is 0.844. The molecule has 1 aromatic rings. The molecule has 0 saturated carbocycles. The van der Waals surface area contributed by atoms with E-state index in [4.69, 9.17) is 4.74 Å². The van der Waals surface area contributed by atoms with Crippen LogP contribution in [0.4, 0.5) is 0 Å². The molecule has 2 fully saturated rings. The standard InChI is InChI=1S/C17H23NO2/c1-2-14-10-11-18-15(8-9-16(18)19)17(14)20-12-13-6-4-3-5-7-13/h3-7,14-15,17H,2,8-12H2,1H3/t14-,15-,17+/m0/s1. The van der Waals surface area contributed by atoms with Crippen LogP contribution in [0.2, 0.25) is 0 Å². The fourth-order valence-electron chi connectivity index (χ4n) is 3.62. The molecule has 2 aliphatic rings. The van der Waals surface area contributed by atoms with Crippen molar-refractivity contribution in [3.8, 4) is 0 Å². The van der Waals surface area contributed by atoms with Crippen LogP contribution in [0.15, 0.2) is 30.3 Å². The van der Waals surface area contributed by atoms with Gasteiger partial charge in [-0.1, -0.05) is 43.7 Å². The zero-order valence-corrected chi connectivity index (χ0v) is 12.1. The van der Waals surface area contributed by atoms with Crippen LogP contribution in [0.5, 0.6) is 0 Å². The Morgan fingerprint density at radius 3 is 2.80 bits per heavy atom. The van der Waals surface area contributed by atoms with Gasteiger partial charge in [0.05, 0.1) is 18.8 Å². The molecule has 0 unspecified atom stereocenters. The summed E-state index contributed by atoms with van der Waals surface area (Å²) in [6.45, 7) is 3.81. The lowest BCUT2D eigenvalue weighted by Gasteiger charge is -2.41. The van der Waals surface area contributed by atoms with Crippen molar-refractivity contribution < 1.29 is 9.53 Å². The Balaban J connectivity index is 1.69. The lowest BCUT2D eigenvalue weighted by atomic mass is 9.86. The monoisotopic (exact) mass is 273 g/mol. The van der Waals surface area contributed by atoms with Gasteiger partial charge in [-0.3, -0.25) is 4.79 Å². The highest BCUT2D eigenvalue weighted by molar-refractivity contribution is 5.79. The molecule has 0 aromatic heterocycles. The summed E-state index contributed by atoms with van der Waals surface area (Å²) in [6.07, 6.45) is 4.09. The van der Waals surface area contributed by atoms with E-state index in [1.165, 1.54) is 5.56 Å². The van der Waals surface area contributed by atoms with Gasteiger partial charge in [-0.2, -0.15) is 0 Å². The maximum Gasteiger partial charge on any atom is 0.222 e. The van der Waals surface area contributed by atoms with E-state index >= 15 is 0 Å². The molecule has 0 aliphatic carbocycles. The van der Waals surface area contributed by atoms with Crippen molar-refractivity contribution in [1.82, 2.24) is 4.90 Å². The molecule has 0 N–H and O–H groups in total. The third-order valence-electron chi connectivity index (χ3n) is 4.77. The lowest BCUT2D eigenvalue weighted by molar-refractivity contribution is -0.137. The molecule has 0 radical (unpaired) electrons. The third kappa shape index (κ3) is 2.59. The Hall–Kier alpha value is -1.35. The second kappa shape index (κ2) is 5.96. The van der Waals surface area contributed by atoms with Crippen LogP contribution in [0.25, 0.3) is 0 Å². The molecule has 2 aliphatic heterocycles. The molecule has 2 heterocycles. The number of nitrogens with zero attached hydrogens (tertiary/aromatic N) is 1. The van der Waals surface area contributed by atoms with Gasteiger partial charge in [-0.25, -0.2) is 0 Å². The number of rotatable bonds is 4. The van der Waals surface area contributed by atoms with Crippen LogP contribution >= 0.6 is 0 Å². The summed E-state index contributed by atoms with van der Waals surface area (Å²) in [5.41, 5.74) is 1.21. The summed E-state index contributed by atoms with van der Waals surface area (Å²) in [5.74, 6) is 0.906. The molecule has 2 saturated heterocycles. The Kier molecular flexibility index (Phi) is 4.06. The number of carbonyl (C=O) groups excluding carboxylic acids is 1. The maximum atomic E-state index is 11.9. The van der Waals surface area contributed by atoms with E-state index in [9.17, 15) is 4.79 Å². The highest BCUT2D eigenvalue weighted by Gasteiger charge is 2.43. The van der Waals surface area contributed by atoms with Gasteiger partial charge in [-0.15, -0.1) is 0 Å². The molecular weight excluding hydrogens is 250 g/mol. The summed E-state index contributed by atoms with van der Waals surface area (Å²) in [6, 6.07) is 10.6. The zero-order valence-electron chi connectivity index (χ0n) is 12.1. The first-order valence-corrected chi connectivity index (χ1v) is 7.74. The van der Waals surface area contributed by atoms with Crippen molar-refractivity contribution in [1.29, 1.82) is 0 Å². The van der Waals surface area contributed by atoms with E-state index in [2.05, 4.69) is 24.0 Å². The van der Waals surface area contributed by atoms with Gasteiger partial charge in [0.15, 0.2) is 0 Å². The molecule has 20 heavy (non-hydrogen) atoms. The number of fused-ring (bicyclic) bond motifs is 1. The number of ether oxygens (including phenoxy) is 1. The van der Waals surface area contributed by atoms with Crippen molar-refractivity contribution in [2.24, 2.45) is 5.92 Å². The molecule has 1 aromatic carbocycles. The fraction of sp³-hybridized carbons (Fsp3) is 0.588. The normalized spacial score (nSPS) is 29.6. The summed E-state index contributed by atoms with van der Waals surface area (Å²) in [5, 5.41) is 0. The first-order valence-electron chi connectivity index (χ1n) is 7.74. The molecule has 1 amide bonds. The average molecular weight is 273 g/mol. The van der Waals surface area contributed by atoms with Crippen molar-refractivity contribution >= 4 is 5.91 Å². The molecule has 0 spiro atoms. The Bertz CT molecular complexity index is 459. The van der Waals surface area contributed by atoms with Crippen molar-refractivity contribution in [2.75, 3.05) is 6.54 Å². The molecule has 3 rings (SSSR count). The second-order valence-corrected chi connectivity index (χ2v) is 5.91. The minimum atomic E-state index is 0.209. The second-order valence-electron chi connectivity index (χ2n) is 5.91. The molecular formula is C17H23NO2. The van der Waals surface area contributed by atoms with Crippen molar-refractivity contribution in [3.63, 3.8) is 0 Å². The van der Waals surface area contributed by atoms with Crippen LogP contribution in [0.1, 0.15) is 38.2 Å². The van der Waals surface area contributed by atoms with Gasteiger partial charge in [0.25, 0.3) is 0 Å². The van der Waals surface area contributed by atoms with Gasteiger partial charge < -0.3 is 9.64 Å². The highest BCUT2D eigenvalue weighted by atomic mass is 16.5. The largest absolute Gasteiger partial charge is 0.371 e. The van der Waals surface area contributed by atoms with Crippen LogP contribution < -0.4 is 0 Å². The van der Waals surface area contributed by atoms with Crippen LogP contribution in [0.3, 0.4) is 0 Å². The molecule has 3 heteroatoms. The van der Waals surface area contributed by atoms with Gasteiger partial charge in [0.2, 0.25) is 5.91 Å². The van der Waals surface area contributed by atoms with Crippen LogP contribution in [-0.2, 0) is 16.1 Å². The van der Waals surface area contributed by atoms with E-state index in [0.29, 0.717) is 30.9 Å². The van der Waals surface area contributed by atoms with Crippen molar-refractivity contribution in [2.45, 2.75) is 51.4 Å². The Morgan fingerprint density at radius 2 is 2.05 bits per heavy atom. The van der Waals surface area contributed by atoms with Crippen LogP contribution in [-0.4, -0.2) is 29.5 Å². The minimum absolute atomic E-state index is 0.209.